The van der Waals surface area contributed by atoms with Crippen LogP contribution >= 0.6 is 0 Å². The largest absolute Gasteiger partial charge is 0.449 e. The first-order valence-electron chi connectivity index (χ1n) is 7.44. The number of benzene rings is 1. The Bertz CT molecular complexity index is 1180. The van der Waals surface area contributed by atoms with Crippen molar-refractivity contribution in [3.8, 4) is 5.69 Å². The minimum absolute atomic E-state index is 0.613. The monoisotopic (exact) mass is 303 g/mol. The molecule has 0 N–H and O–H groups in total. The summed E-state index contributed by atoms with van der Waals surface area (Å²) in [5.74, 6) is 0. The summed E-state index contributed by atoms with van der Waals surface area (Å²) in [7, 11) is 0. The normalized spacial score (nSPS) is 11.9. The Morgan fingerprint density at radius 2 is 1.74 bits per heavy atom. The van der Waals surface area contributed by atoms with Crippen LogP contribution in [0.4, 0.5) is 0 Å². The van der Waals surface area contributed by atoms with E-state index >= 15 is 0 Å². The van der Waals surface area contributed by atoms with Crippen LogP contribution in [0.5, 0.6) is 0 Å². The van der Waals surface area contributed by atoms with Gasteiger partial charge in [0.15, 0.2) is 16.7 Å². The number of fused-ring (bicyclic) bond motifs is 5. The van der Waals surface area contributed by atoms with Crippen LogP contribution in [0, 0.1) is 13.8 Å². The van der Waals surface area contributed by atoms with E-state index in [1.165, 1.54) is 0 Å². The summed E-state index contributed by atoms with van der Waals surface area (Å²) in [6.07, 6.45) is 3.67. The van der Waals surface area contributed by atoms with E-state index in [2.05, 4.69) is 16.1 Å². The second-order valence-electron chi connectivity index (χ2n) is 5.73. The number of furan rings is 2. The summed E-state index contributed by atoms with van der Waals surface area (Å²) >= 11 is 0. The van der Waals surface area contributed by atoms with Crippen LogP contribution in [0.25, 0.3) is 38.9 Å². The van der Waals surface area contributed by atoms with E-state index in [1.807, 2.05) is 49.0 Å². The molecule has 4 heterocycles. The Balaban J connectivity index is 1.95. The lowest BCUT2D eigenvalue weighted by atomic mass is 10.1. The lowest BCUT2D eigenvalue weighted by molar-refractivity contribution is 0.642. The van der Waals surface area contributed by atoms with Crippen molar-refractivity contribution in [3.63, 3.8) is 0 Å². The van der Waals surface area contributed by atoms with Crippen molar-refractivity contribution in [1.29, 1.82) is 0 Å². The Hall–Kier alpha value is -3.08. The fourth-order valence-corrected chi connectivity index (χ4v) is 3.07. The number of rotatable bonds is 1. The molecule has 0 aliphatic heterocycles. The van der Waals surface area contributed by atoms with Gasteiger partial charge in [0.05, 0.1) is 10.8 Å². The number of aryl methyl sites for hydroxylation is 2. The maximum absolute atomic E-state index is 6.19. The Kier molecular flexibility index (Phi) is 2.29. The Morgan fingerprint density at radius 1 is 0.913 bits per heavy atom. The van der Waals surface area contributed by atoms with E-state index in [4.69, 9.17) is 8.83 Å². The molecule has 4 aromatic heterocycles. The molecule has 5 rings (SSSR count). The predicted molar refractivity (Wildman–Crippen MR) is 87.9 cm³/mol. The first-order chi connectivity index (χ1) is 11.2. The molecule has 0 saturated carbocycles. The smallest absolute Gasteiger partial charge is 0.230 e. The van der Waals surface area contributed by atoms with Crippen molar-refractivity contribution in [2.24, 2.45) is 0 Å². The quantitative estimate of drug-likeness (QED) is 0.456. The minimum atomic E-state index is 0.613. The molecular weight excluding hydrogens is 290 g/mol. The molecule has 112 valence electrons. The zero-order valence-electron chi connectivity index (χ0n) is 12.7. The summed E-state index contributed by atoms with van der Waals surface area (Å²) in [5, 5.41) is 6.17. The molecule has 0 fully saturated rings. The van der Waals surface area contributed by atoms with Gasteiger partial charge in [-0.15, -0.1) is 0 Å². The molecule has 0 saturated heterocycles. The molecule has 1 aromatic carbocycles. The molecule has 0 aliphatic carbocycles. The van der Waals surface area contributed by atoms with Crippen molar-refractivity contribution in [1.82, 2.24) is 14.8 Å². The first kappa shape index (κ1) is 12.5. The van der Waals surface area contributed by atoms with Crippen molar-refractivity contribution >= 4 is 33.2 Å². The third-order valence-electron chi connectivity index (χ3n) is 4.16. The van der Waals surface area contributed by atoms with Gasteiger partial charge in [-0.2, -0.15) is 5.10 Å². The van der Waals surface area contributed by atoms with Crippen molar-refractivity contribution in [2.75, 3.05) is 0 Å². The third kappa shape index (κ3) is 1.61. The maximum Gasteiger partial charge on any atom is 0.230 e. The van der Waals surface area contributed by atoms with Gasteiger partial charge in [-0.3, -0.25) is 0 Å². The number of pyridine rings is 1. The molecule has 0 spiro atoms. The number of aromatic nitrogens is 3. The zero-order valence-corrected chi connectivity index (χ0v) is 12.7. The van der Waals surface area contributed by atoms with E-state index in [0.717, 1.165) is 44.5 Å². The van der Waals surface area contributed by atoms with Gasteiger partial charge in [0.25, 0.3) is 0 Å². The van der Waals surface area contributed by atoms with Crippen LogP contribution in [0.15, 0.2) is 51.6 Å². The van der Waals surface area contributed by atoms with Gasteiger partial charge < -0.3 is 8.83 Å². The summed E-state index contributed by atoms with van der Waals surface area (Å²) in [6, 6.07) is 9.93. The van der Waals surface area contributed by atoms with E-state index in [0.29, 0.717) is 5.71 Å². The number of hydrogen-bond donors (Lipinski definition) is 0. The number of hydrogen-bond acceptors (Lipinski definition) is 4. The van der Waals surface area contributed by atoms with Crippen LogP contribution in [0.2, 0.25) is 0 Å². The van der Waals surface area contributed by atoms with Gasteiger partial charge in [0, 0.05) is 18.1 Å². The lowest BCUT2D eigenvalue weighted by Crippen LogP contribution is -1.97. The van der Waals surface area contributed by atoms with Gasteiger partial charge >= 0.3 is 0 Å². The zero-order chi connectivity index (χ0) is 15.6. The molecule has 5 heteroatoms. The molecule has 0 aliphatic rings. The highest BCUT2D eigenvalue weighted by molar-refractivity contribution is 6.13. The highest BCUT2D eigenvalue weighted by Gasteiger charge is 2.20. The van der Waals surface area contributed by atoms with E-state index < -0.39 is 0 Å². The summed E-state index contributed by atoms with van der Waals surface area (Å²) in [5.41, 5.74) is 5.82. The molecule has 23 heavy (non-hydrogen) atoms. The molecule has 0 bridgehead atoms. The average molecular weight is 303 g/mol. The molecule has 5 aromatic rings. The first-order valence-corrected chi connectivity index (χ1v) is 7.44. The Labute approximate surface area is 131 Å². The molecule has 0 radical (unpaired) electrons. The van der Waals surface area contributed by atoms with Crippen molar-refractivity contribution in [3.05, 3.63) is 54.0 Å². The molecule has 0 unspecified atom stereocenters. The second kappa shape index (κ2) is 4.23. The fraction of sp³-hybridized carbons (Fsp3) is 0.111. The van der Waals surface area contributed by atoms with Crippen LogP contribution in [-0.2, 0) is 0 Å². The standard InChI is InChI=1S/C18H13N3O2/c1-10-4-6-12-15(14(10)21-9-3-8-19-21)22-17-13-7-5-11(2)20-18(13)23-16(12)17/h3-9H,1-2H3. The topological polar surface area (TPSA) is 57.0 Å². The van der Waals surface area contributed by atoms with Gasteiger partial charge in [-0.1, -0.05) is 6.07 Å². The minimum Gasteiger partial charge on any atom is -0.449 e. The van der Waals surface area contributed by atoms with Gasteiger partial charge in [-0.05, 0) is 43.7 Å². The van der Waals surface area contributed by atoms with Crippen molar-refractivity contribution < 1.29 is 8.83 Å². The van der Waals surface area contributed by atoms with Crippen LogP contribution in [-0.4, -0.2) is 14.8 Å². The highest BCUT2D eigenvalue weighted by atomic mass is 16.4. The third-order valence-corrected chi connectivity index (χ3v) is 4.16. The molecule has 0 atom stereocenters. The molecule has 5 nitrogen and oxygen atoms in total. The SMILES string of the molecule is Cc1ccc2c(n1)oc1c3ccc(C)c(-n4cccn4)c3oc21. The number of nitrogens with zero attached hydrogens (tertiary/aromatic N) is 3. The predicted octanol–water partition coefficient (Wildman–Crippen LogP) is 4.53. The van der Waals surface area contributed by atoms with Gasteiger partial charge in [0.1, 0.15) is 5.69 Å². The average Bonchev–Trinajstić information content (AvgIpc) is 3.22. The van der Waals surface area contributed by atoms with Crippen LogP contribution in [0.1, 0.15) is 11.3 Å². The molecule has 0 amide bonds. The summed E-state index contributed by atoms with van der Waals surface area (Å²) in [4.78, 5) is 4.44. The van der Waals surface area contributed by atoms with Gasteiger partial charge in [-0.25, -0.2) is 9.67 Å². The van der Waals surface area contributed by atoms with Crippen LogP contribution < -0.4 is 0 Å². The maximum atomic E-state index is 6.19. The fourth-order valence-electron chi connectivity index (χ4n) is 3.07. The van der Waals surface area contributed by atoms with E-state index in [-0.39, 0.29) is 0 Å². The highest BCUT2D eigenvalue weighted by Crippen LogP contribution is 2.39. The van der Waals surface area contributed by atoms with E-state index in [1.54, 1.807) is 6.20 Å². The lowest BCUT2D eigenvalue weighted by Gasteiger charge is -2.06. The summed E-state index contributed by atoms with van der Waals surface area (Å²) in [6.45, 7) is 3.99. The Morgan fingerprint density at radius 3 is 2.57 bits per heavy atom. The molecular formula is C18H13N3O2. The summed E-state index contributed by atoms with van der Waals surface area (Å²) < 4.78 is 14.0. The van der Waals surface area contributed by atoms with E-state index in [9.17, 15) is 0 Å². The van der Waals surface area contributed by atoms with Crippen LogP contribution in [0.3, 0.4) is 0 Å². The second-order valence-corrected chi connectivity index (χ2v) is 5.73. The van der Waals surface area contributed by atoms with Gasteiger partial charge in [0.2, 0.25) is 5.71 Å². The van der Waals surface area contributed by atoms with Crippen molar-refractivity contribution in [2.45, 2.75) is 13.8 Å².